The van der Waals surface area contributed by atoms with Crippen molar-refractivity contribution in [2.75, 3.05) is 0 Å². The third-order valence-corrected chi connectivity index (χ3v) is 4.29. The van der Waals surface area contributed by atoms with Crippen LogP contribution in [0.1, 0.15) is 43.1 Å². The van der Waals surface area contributed by atoms with Crippen LogP contribution in [0.15, 0.2) is 16.7 Å². The third-order valence-electron chi connectivity index (χ3n) is 3.61. The molecule has 2 rings (SSSR count). The van der Waals surface area contributed by atoms with Crippen molar-refractivity contribution < 1.29 is 4.79 Å². The van der Waals surface area contributed by atoms with Crippen molar-refractivity contribution in [3.63, 3.8) is 0 Å². The molecule has 20 heavy (non-hydrogen) atoms. The number of aromatic amines is 1. The van der Waals surface area contributed by atoms with Crippen LogP contribution in [-0.2, 0) is 0 Å². The van der Waals surface area contributed by atoms with Crippen molar-refractivity contribution in [2.24, 2.45) is 5.92 Å². The SMILES string of the molecule is C[C@@H]1CCCC[C@@H]1NC(=S)NNC(=O)c1cc(Br)c[nH]1. The fourth-order valence-corrected chi connectivity index (χ4v) is 2.96. The Labute approximate surface area is 132 Å². The van der Waals surface area contributed by atoms with Crippen LogP contribution in [0.2, 0.25) is 0 Å². The summed E-state index contributed by atoms with van der Waals surface area (Å²) in [5.41, 5.74) is 5.79. The Morgan fingerprint density at radius 2 is 2.15 bits per heavy atom. The van der Waals surface area contributed by atoms with Crippen molar-refractivity contribution in [1.82, 2.24) is 21.2 Å². The van der Waals surface area contributed by atoms with Gasteiger partial charge in [-0.25, -0.2) is 0 Å². The number of hydrogen-bond acceptors (Lipinski definition) is 2. The van der Waals surface area contributed by atoms with Crippen LogP contribution in [0.5, 0.6) is 0 Å². The van der Waals surface area contributed by atoms with Gasteiger partial charge in [-0.05, 0) is 53.0 Å². The predicted octanol–water partition coefficient (Wildman–Crippen LogP) is 2.46. The average Bonchev–Trinajstić information content (AvgIpc) is 2.85. The molecule has 0 spiro atoms. The molecule has 7 heteroatoms. The molecule has 0 bridgehead atoms. The van der Waals surface area contributed by atoms with Crippen LogP contribution in [0, 0.1) is 5.92 Å². The van der Waals surface area contributed by atoms with Gasteiger partial charge >= 0.3 is 0 Å². The van der Waals surface area contributed by atoms with E-state index >= 15 is 0 Å². The lowest BCUT2D eigenvalue weighted by atomic mass is 9.86. The largest absolute Gasteiger partial charge is 0.358 e. The van der Waals surface area contributed by atoms with Crippen LogP contribution in [0.25, 0.3) is 0 Å². The summed E-state index contributed by atoms with van der Waals surface area (Å²) in [5.74, 6) is 0.357. The van der Waals surface area contributed by atoms with Crippen molar-refractivity contribution in [2.45, 2.75) is 38.6 Å². The normalized spacial score (nSPS) is 22.1. The lowest BCUT2D eigenvalue weighted by molar-refractivity contribution is 0.0939. The summed E-state index contributed by atoms with van der Waals surface area (Å²) in [5, 5.41) is 3.73. The zero-order chi connectivity index (χ0) is 14.5. The van der Waals surface area contributed by atoms with E-state index in [-0.39, 0.29) is 5.91 Å². The van der Waals surface area contributed by atoms with Gasteiger partial charge in [0, 0.05) is 16.7 Å². The summed E-state index contributed by atoms with van der Waals surface area (Å²) < 4.78 is 0.833. The summed E-state index contributed by atoms with van der Waals surface area (Å²) in [7, 11) is 0. The molecule has 0 unspecified atom stereocenters. The van der Waals surface area contributed by atoms with Crippen LogP contribution >= 0.6 is 28.1 Å². The molecule has 1 aliphatic carbocycles. The third kappa shape index (κ3) is 4.21. The number of aromatic nitrogens is 1. The van der Waals surface area contributed by atoms with Gasteiger partial charge in [-0.3, -0.25) is 15.6 Å². The number of amides is 1. The molecule has 1 heterocycles. The fourth-order valence-electron chi connectivity index (χ4n) is 2.42. The molecular formula is C13H19BrN4OS. The maximum absolute atomic E-state index is 11.8. The summed E-state index contributed by atoms with van der Waals surface area (Å²) in [6.07, 6.45) is 6.57. The van der Waals surface area contributed by atoms with Gasteiger partial charge in [0.05, 0.1) is 0 Å². The van der Waals surface area contributed by atoms with E-state index in [0.717, 1.165) is 10.9 Å². The Balaban J connectivity index is 1.76. The van der Waals surface area contributed by atoms with Gasteiger partial charge in [-0.1, -0.05) is 19.8 Å². The Hall–Kier alpha value is -1.08. The van der Waals surface area contributed by atoms with E-state index in [9.17, 15) is 4.79 Å². The zero-order valence-corrected chi connectivity index (χ0v) is 13.7. The van der Waals surface area contributed by atoms with Crippen LogP contribution in [0.4, 0.5) is 0 Å². The summed E-state index contributed by atoms with van der Waals surface area (Å²) >= 11 is 8.49. The molecule has 1 amide bonds. The lowest BCUT2D eigenvalue weighted by Gasteiger charge is -2.30. The van der Waals surface area contributed by atoms with E-state index in [1.807, 2.05) is 0 Å². The van der Waals surface area contributed by atoms with Gasteiger partial charge in [-0.2, -0.15) is 0 Å². The van der Waals surface area contributed by atoms with Gasteiger partial charge in [0.15, 0.2) is 5.11 Å². The molecule has 1 aromatic rings. The second kappa shape index (κ2) is 7.08. The number of thiocarbonyl (C=S) groups is 1. The van der Waals surface area contributed by atoms with Gasteiger partial charge in [0.1, 0.15) is 5.69 Å². The maximum atomic E-state index is 11.8. The van der Waals surface area contributed by atoms with Gasteiger partial charge in [0.2, 0.25) is 0 Å². The Bertz CT molecular complexity index is 490. The van der Waals surface area contributed by atoms with Gasteiger partial charge in [-0.15, -0.1) is 0 Å². The Morgan fingerprint density at radius 3 is 2.80 bits per heavy atom. The number of carbonyl (C=O) groups is 1. The first-order valence-corrected chi connectivity index (χ1v) is 7.97. The molecule has 4 N–H and O–H groups in total. The van der Waals surface area contributed by atoms with Crippen molar-refractivity contribution in [3.05, 3.63) is 22.4 Å². The highest BCUT2D eigenvalue weighted by atomic mass is 79.9. The lowest BCUT2D eigenvalue weighted by Crippen LogP contribution is -2.51. The fraction of sp³-hybridized carbons (Fsp3) is 0.538. The first kappa shape index (κ1) is 15.3. The first-order valence-electron chi connectivity index (χ1n) is 6.77. The molecule has 2 atom stereocenters. The minimum atomic E-state index is -0.253. The van der Waals surface area contributed by atoms with Crippen molar-refractivity contribution in [1.29, 1.82) is 0 Å². The first-order chi connectivity index (χ1) is 9.56. The molecule has 5 nitrogen and oxygen atoms in total. The topological polar surface area (TPSA) is 68.9 Å². The summed E-state index contributed by atoms with van der Waals surface area (Å²) in [6.45, 7) is 2.23. The predicted molar refractivity (Wildman–Crippen MR) is 86.2 cm³/mol. The minimum absolute atomic E-state index is 0.253. The van der Waals surface area contributed by atoms with Crippen molar-refractivity contribution in [3.8, 4) is 0 Å². The quantitative estimate of drug-likeness (QED) is 0.484. The molecule has 1 aliphatic rings. The number of hydrazine groups is 1. The van der Waals surface area contributed by atoms with Crippen LogP contribution in [-0.4, -0.2) is 22.0 Å². The molecular weight excluding hydrogens is 340 g/mol. The van der Waals surface area contributed by atoms with E-state index < -0.39 is 0 Å². The van der Waals surface area contributed by atoms with Crippen LogP contribution in [0.3, 0.4) is 0 Å². The molecule has 110 valence electrons. The number of hydrogen-bond donors (Lipinski definition) is 4. The smallest absolute Gasteiger partial charge is 0.286 e. The molecule has 0 saturated heterocycles. The number of rotatable bonds is 2. The monoisotopic (exact) mass is 358 g/mol. The minimum Gasteiger partial charge on any atom is -0.358 e. The molecule has 0 aliphatic heterocycles. The zero-order valence-electron chi connectivity index (χ0n) is 11.3. The van der Waals surface area contributed by atoms with Gasteiger partial charge in [0.25, 0.3) is 5.91 Å². The molecule has 1 aromatic heterocycles. The van der Waals surface area contributed by atoms with E-state index in [1.165, 1.54) is 19.3 Å². The number of halogens is 1. The van der Waals surface area contributed by atoms with E-state index in [2.05, 4.69) is 44.0 Å². The van der Waals surface area contributed by atoms with Crippen molar-refractivity contribution >= 4 is 39.2 Å². The van der Waals surface area contributed by atoms with E-state index in [1.54, 1.807) is 12.3 Å². The second-order valence-electron chi connectivity index (χ2n) is 5.15. The van der Waals surface area contributed by atoms with Crippen LogP contribution < -0.4 is 16.2 Å². The Kier molecular flexibility index (Phi) is 5.42. The number of nitrogens with one attached hydrogen (secondary N) is 4. The van der Waals surface area contributed by atoms with E-state index in [4.69, 9.17) is 12.2 Å². The van der Waals surface area contributed by atoms with E-state index in [0.29, 0.717) is 22.8 Å². The number of H-pyrrole nitrogens is 1. The summed E-state index contributed by atoms with van der Waals surface area (Å²) in [4.78, 5) is 14.7. The maximum Gasteiger partial charge on any atom is 0.286 e. The summed E-state index contributed by atoms with van der Waals surface area (Å²) in [6, 6.07) is 2.09. The average molecular weight is 359 g/mol. The number of carbonyl (C=O) groups excluding carboxylic acids is 1. The highest BCUT2D eigenvalue weighted by Gasteiger charge is 2.21. The molecule has 1 fully saturated rings. The molecule has 0 radical (unpaired) electrons. The highest BCUT2D eigenvalue weighted by Crippen LogP contribution is 2.23. The standard InChI is InChI=1S/C13H19BrN4OS/c1-8-4-2-3-5-10(8)16-13(20)18-17-12(19)11-6-9(14)7-15-11/h6-8,10,15H,2-5H2,1H3,(H,17,19)(H2,16,18,20)/t8-,10+/m1/s1. The Morgan fingerprint density at radius 1 is 1.40 bits per heavy atom. The van der Waals surface area contributed by atoms with Gasteiger partial charge < -0.3 is 10.3 Å². The highest BCUT2D eigenvalue weighted by molar-refractivity contribution is 9.10. The second-order valence-corrected chi connectivity index (χ2v) is 6.48. The molecule has 0 aromatic carbocycles. The molecule has 1 saturated carbocycles.